The first-order chi connectivity index (χ1) is 11.8. The molecular formula is C20H21FN2O. The summed E-state index contributed by atoms with van der Waals surface area (Å²) in [4.78, 5) is 3.25. The Morgan fingerprint density at radius 3 is 3.00 bits per heavy atom. The SMILES string of the molecule is COc1ccccc1CNCC1CC1c1c[nH]c2ccc(F)cc12. The van der Waals surface area contributed by atoms with Gasteiger partial charge in [0.25, 0.3) is 0 Å². The van der Waals surface area contributed by atoms with Gasteiger partial charge in [0.15, 0.2) is 0 Å². The molecule has 1 aromatic heterocycles. The lowest BCUT2D eigenvalue weighted by atomic mass is 10.1. The van der Waals surface area contributed by atoms with Gasteiger partial charge in [0.05, 0.1) is 7.11 Å². The minimum absolute atomic E-state index is 0.171. The van der Waals surface area contributed by atoms with E-state index in [4.69, 9.17) is 4.74 Å². The second-order valence-electron chi connectivity index (χ2n) is 6.48. The summed E-state index contributed by atoms with van der Waals surface area (Å²) in [6, 6.07) is 13.0. The highest BCUT2D eigenvalue weighted by Gasteiger charge is 2.39. The Morgan fingerprint density at radius 2 is 2.12 bits per heavy atom. The number of fused-ring (bicyclic) bond motifs is 1. The van der Waals surface area contributed by atoms with E-state index in [2.05, 4.69) is 16.4 Å². The predicted molar refractivity (Wildman–Crippen MR) is 93.8 cm³/mol. The van der Waals surface area contributed by atoms with Gasteiger partial charge in [0, 0.05) is 29.2 Å². The van der Waals surface area contributed by atoms with Crippen LogP contribution in [-0.2, 0) is 6.54 Å². The van der Waals surface area contributed by atoms with Crippen LogP contribution in [0.5, 0.6) is 5.75 Å². The lowest BCUT2D eigenvalue weighted by Crippen LogP contribution is -2.17. The third-order valence-corrected chi connectivity index (χ3v) is 4.91. The highest BCUT2D eigenvalue weighted by Crippen LogP contribution is 2.49. The molecule has 1 saturated carbocycles. The molecule has 4 heteroatoms. The standard InChI is InChI=1S/C20H21FN2O/c1-24-20-5-3-2-4-13(20)10-22-11-14-8-16(14)18-12-23-19-7-6-15(21)9-17(18)19/h2-7,9,12,14,16,22-23H,8,10-11H2,1H3. The Bertz CT molecular complexity index is 858. The molecule has 0 radical (unpaired) electrons. The van der Waals surface area contributed by atoms with Crippen LogP contribution >= 0.6 is 0 Å². The van der Waals surface area contributed by atoms with Crippen LogP contribution in [0, 0.1) is 11.7 Å². The summed E-state index contributed by atoms with van der Waals surface area (Å²) in [6.45, 7) is 1.76. The lowest BCUT2D eigenvalue weighted by Gasteiger charge is -2.09. The van der Waals surface area contributed by atoms with E-state index in [1.54, 1.807) is 13.2 Å². The minimum Gasteiger partial charge on any atom is -0.496 e. The molecule has 2 unspecified atom stereocenters. The Morgan fingerprint density at radius 1 is 1.25 bits per heavy atom. The average Bonchev–Trinajstić information content (AvgIpc) is 3.24. The summed E-state index contributed by atoms with van der Waals surface area (Å²) in [5, 5.41) is 4.55. The van der Waals surface area contributed by atoms with Crippen LogP contribution in [0.2, 0.25) is 0 Å². The number of benzene rings is 2. The van der Waals surface area contributed by atoms with Gasteiger partial charge in [-0.3, -0.25) is 0 Å². The fourth-order valence-corrected chi connectivity index (χ4v) is 3.52. The number of aromatic amines is 1. The number of H-pyrrole nitrogens is 1. The van der Waals surface area contributed by atoms with Gasteiger partial charge in [-0.05, 0) is 54.6 Å². The first-order valence-electron chi connectivity index (χ1n) is 8.35. The zero-order chi connectivity index (χ0) is 16.5. The van der Waals surface area contributed by atoms with Gasteiger partial charge in [-0.2, -0.15) is 0 Å². The van der Waals surface area contributed by atoms with Gasteiger partial charge in [0.1, 0.15) is 11.6 Å². The summed E-state index contributed by atoms with van der Waals surface area (Å²) >= 11 is 0. The molecule has 2 N–H and O–H groups in total. The van der Waals surface area contributed by atoms with E-state index in [1.807, 2.05) is 30.5 Å². The molecule has 0 aliphatic heterocycles. The number of hydrogen-bond donors (Lipinski definition) is 2. The van der Waals surface area contributed by atoms with Crippen molar-refractivity contribution in [1.82, 2.24) is 10.3 Å². The molecule has 0 amide bonds. The van der Waals surface area contributed by atoms with Crippen LogP contribution in [0.4, 0.5) is 4.39 Å². The van der Waals surface area contributed by atoms with E-state index in [1.165, 1.54) is 17.2 Å². The zero-order valence-electron chi connectivity index (χ0n) is 13.7. The van der Waals surface area contributed by atoms with E-state index in [0.29, 0.717) is 11.8 Å². The summed E-state index contributed by atoms with van der Waals surface area (Å²) in [7, 11) is 1.70. The molecule has 4 rings (SSSR count). The molecule has 0 spiro atoms. The van der Waals surface area contributed by atoms with Crippen LogP contribution < -0.4 is 10.1 Å². The molecule has 124 valence electrons. The second kappa shape index (κ2) is 6.29. The van der Waals surface area contributed by atoms with Gasteiger partial charge in [-0.25, -0.2) is 4.39 Å². The van der Waals surface area contributed by atoms with Gasteiger partial charge in [-0.1, -0.05) is 18.2 Å². The maximum Gasteiger partial charge on any atom is 0.123 e. The molecule has 3 aromatic rings. The molecule has 1 fully saturated rings. The zero-order valence-corrected chi connectivity index (χ0v) is 13.7. The first kappa shape index (κ1) is 15.2. The second-order valence-corrected chi connectivity index (χ2v) is 6.48. The number of para-hydroxylation sites is 1. The minimum atomic E-state index is -0.171. The number of hydrogen-bond acceptors (Lipinski definition) is 2. The molecule has 24 heavy (non-hydrogen) atoms. The van der Waals surface area contributed by atoms with E-state index in [9.17, 15) is 4.39 Å². The van der Waals surface area contributed by atoms with Crippen molar-refractivity contribution in [2.75, 3.05) is 13.7 Å². The van der Waals surface area contributed by atoms with Crippen molar-refractivity contribution >= 4 is 10.9 Å². The Kier molecular flexibility index (Phi) is 3.98. The van der Waals surface area contributed by atoms with Crippen LogP contribution in [0.1, 0.15) is 23.5 Å². The van der Waals surface area contributed by atoms with Crippen LogP contribution in [-0.4, -0.2) is 18.6 Å². The van der Waals surface area contributed by atoms with Crippen LogP contribution in [0.25, 0.3) is 10.9 Å². The third kappa shape index (κ3) is 2.89. The summed E-state index contributed by atoms with van der Waals surface area (Å²) in [6.07, 6.45) is 3.19. The Balaban J connectivity index is 1.37. The van der Waals surface area contributed by atoms with Gasteiger partial charge in [0.2, 0.25) is 0 Å². The summed E-state index contributed by atoms with van der Waals surface area (Å²) in [5.74, 6) is 1.88. The highest BCUT2D eigenvalue weighted by molar-refractivity contribution is 5.84. The maximum absolute atomic E-state index is 13.5. The monoisotopic (exact) mass is 324 g/mol. The predicted octanol–water partition coefficient (Wildman–Crippen LogP) is 4.21. The number of rotatable bonds is 6. The quantitative estimate of drug-likeness (QED) is 0.713. The van der Waals surface area contributed by atoms with Gasteiger partial charge >= 0.3 is 0 Å². The third-order valence-electron chi connectivity index (χ3n) is 4.91. The number of nitrogens with one attached hydrogen (secondary N) is 2. The van der Waals surface area contributed by atoms with Crippen molar-refractivity contribution in [1.29, 1.82) is 0 Å². The first-order valence-corrected chi connectivity index (χ1v) is 8.35. The topological polar surface area (TPSA) is 37.0 Å². The molecule has 3 nitrogen and oxygen atoms in total. The van der Waals surface area contributed by atoms with E-state index in [-0.39, 0.29) is 5.82 Å². The van der Waals surface area contributed by atoms with Crippen molar-refractivity contribution in [2.45, 2.75) is 18.9 Å². The fourth-order valence-electron chi connectivity index (χ4n) is 3.52. The van der Waals surface area contributed by atoms with Crippen LogP contribution in [0.3, 0.4) is 0 Å². The molecule has 2 aromatic carbocycles. The maximum atomic E-state index is 13.5. The molecule has 0 bridgehead atoms. The largest absolute Gasteiger partial charge is 0.496 e. The van der Waals surface area contributed by atoms with Crippen molar-refractivity contribution < 1.29 is 9.13 Å². The van der Waals surface area contributed by atoms with Crippen molar-refractivity contribution in [3.05, 3.63) is 65.6 Å². The van der Waals surface area contributed by atoms with Crippen LogP contribution in [0.15, 0.2) is 48.7 Å². The lowest BCUT2D eigenvalue weighted by molar-refractivity contribution is 0.407. The number of ether oxygens (including phenoxy) is 1. The van der Waals surface area contributed by atoms with Gasteiger partial charge in [-0.15, -0.1) is 0 Å². The van der Waals surface area contributed by atoms with E-state index in [0.717, 1.165) is 36.2 Å². The Hall–Kier alpha value is -2.33. The number of aromatic nitrogens is 1. The molecule has 1 aliphatic rings. The molecule has 0 saturated heterocycles. The number of methoxy groups -OCH3 is 1. The van der Waals surface area contributed by atoms with Crippen molar-refractivity contribution in [3.8, 4) is 5.75 Å². The molecule has 1 heterocycles. The van der Waals surface area contributed by atoms with E-state index < -0.39 is 0 Å². The number of halogens is 1. The Labute approximate surface area is 140 Å². The highest BCUT2D eigenvalue weighted by atomic mass is 19.1. The van der Waals surface area contributed by atoms with Crippen molar-refractivity contribution in [3.63, 3.8) is 0 Å². The molecule has 2 atom stereocenters. The van der Waals surface area contributed by atoms with Gasteiger partial charge < -0.3 is 15.0 Å². The smallest absolute Gasteiger partial charge is 0.123 e. The summed E-state index contributed by atoms with van der Waals surface area (Å²) in [5.41, 5.74) is 3.43. The fraction of sp³-hybridized carbons (Fsp3) is 0.300. The normalized spacial score (nSPS) is 19.6. The van der Waals surface area contributed by atoms with Crippen molar-refractivity contribution in [2.24, 2.45) is 5.92 Å². The molecular weight excluding hydrogens is 303 g/mol. The molecule has 1 aliphatic carbocycles. The average molecular weight is 324 g/mol. The van der Waals surface area contributed by atoms with E-state index >= 15 is 0 Å². The summed E-state index contributed by atoms with van der Waals surface area (Å²) < 4.78 is 18.9.